The van der Waals surface area contributed by atoms with Crippen molar-refractivity contribution in [2.24, 2.45) is 17.8 Å². The van der Waals surface area contributed by atoms with Gasteiger partial charge in [0.05, 0.1) is 12.2 Å². The molecule has 0 bridgehead atoms. The number of rotatable bonds is 11. The van der Waals surface area contributed by atoms with Crippen LogP contribution in [-0.2, 0) is 23.7 Å². The Bertz CT molecular complexity index is 593. The van der Waals surface area contributed by atoms with Crippen molar-refractivity contribution < 1.29 is 23.7 Å². The minimum atomic E-state index is -0.0732. The van der Waals surface area contributed by atoms with Gasteiger partial charge in [0.1, 0.15) is 5.78 Å². The van der Waals surface area contributed by atoms with Gasteiger partial charge in [0, 0.05) is 32.0 Å². The Morgan fingerprint density at radius 1 is 1.00 bits per heavy atom. The molecule has 32 heavy (non-hydrogen) atoms. The summed E-state index contributed by atoms with van der Waals surface area (Å²) in [7, 11) is 0. The lowest BCUT2D eigenvalue weighted by atomic mass is 9.90. The summed E-state index contributed by atoms with van der Waals surface area (Å²) in [4.78, 5) is 12.2. The van der Waals surface area contributed by atoms with Crippen molar-refractivity contribution in [2.75, 3.05) is 13.2 Å². The molecule has 2 heterocycles. The highest BCUT2D eigenvalue weighted by Gasteiger charge is 2.48. The van der Waals surface area contributed by atoms with E-state index in [1.165, 1.54) is 38.5 Å². The molecule has 4 aliphatic rings. The van der Waals surface area contributed by atoms with Gasteiger partial charge in [-0.05, 0) is 63.2 Å². The molecule has 4 fully saturated rings. The summed E-state index contributed by atoms with van der Waals surface area (Å²) in [5.41, 5.74) is 0. The number of unbranched alkanes of at least 4 members (excludes halogenated alkanes) is 3. The van der Waals surface area contributed by atoms with Crippen molar-refractivity contribution in [3.8, 4) is 0 Å². The molecule has 0 aromatic rings. The third kappa shape index (κ3) is 6.88. The van der Waals surface area contributed by atoms with Crippen LogP contribution in [0, 0.1) is 17.8 Å². The molecule has 2 saturated carbocycles. The summed E-state index contributed by atoms with van der Waals surface area (Å²) < 4.78 is 24.6. The quantitative estimate of drug-likeness (QED) is 0.289. The highest BCUT2D eigenvalue weighted by Crippen LogP contribution is 2.48. The molecule has 0 amide bonds. The molecule has 0 aromatic heterocycles. The molecule has 5 heteroatoms. The molecule has 0 aromatic carbocycles. The predicted octanol–water partition coefficient (Wildman–Crippen LogP) is 5.95. The van der Waals surface area contributed by atoms with Gasteiger partial charge in [-0.1, -0.05) is 44.8 Å². The smallest absolute Gasteiger partial charge is 0.158 e. The van der Waals surface area contributed by atoms with Crippen LogP contribution < -0.4 is 0 Å². The number of carbonyl (C=O) groups excluding carboxylic acids is 1. The molecule has 4 rings (SSSR count). The van der Waals surface area contributed by atoms with Crippen molar-refractivity contribution in [1.29, 1.82) is 0 Å². The van der Waals surface area contributed by atoms with Crippen molar-refractivity contribution in [3.05, 3.63) is 12.2 Å². The maximum Gasteiger partial charge on any atom is 0.158 e. The first-order valence-corrected chi connectivity index (χ1v) is 13.5. The van der Waals surface area contributed by atoms with E-state index in [1.54, 1.807) is 0 Å². The number of ether oxygens (including phenoxy) is 4. The fraction of sp³-hybridized carbons (Fsp3) is 0.889. The monoisotopic (exact) mass is 448 g/mol. The number of carbonyl (C=O) groups is 1. The molecule has 182 valence electrons. The maximum absolute atomic E-state index is 12.2. The van der Waals surface area contributed by atoms with Gasteiger partial charge in [0.15, 0.2) is 12.6 Å². The Kier molecular flexibility index (Phi) is 9.63. The lowest BCUT2D eigenvalue weighted by molar-refractivity contribution is -0.193. The fourth-order valence-electron chi connectivity index (χ4n) is 6.07. The Balaban J connectivity index is 1.40. The van der Waals surface area contributed by atoms with Gasteiger partial charge in [-0.25, -0.2) is 0 Å². The summed E-state index contributed by atoms with van der Waals surface area (Å²) >= 11 is 0. The number of hydrogen-bond acceptors (Lipinski definition) is 5. The SMILES string of the molecule is CCCCCC[C@@H](/C=C/[C@@H]1[C@H]2CC(=O)C[C@H]2C[C@H]1OC1CCCCO1)OC1CCCCO1. The van der Waals surface area contributed by atoms with E-state index < -0.39 is 0 Å². The Morgan fingerprint density at radius 3 is 2.50 bits per heavy atom. The maximum atomic E-state index is 12.2. The second-order valence-corrected chi connectivity index (χ2v) is 10.4. The van der Waals surface area contributed by atoms with E-state index in [0.29, 0.717) is 24.0 Å². The van der Waals surface area contributed by atoms with Gasteiger partial charge in [-0.3, -0.25) is 4.79 Å². The minimum Gasteiger partial charge on any atom is -0.353 e. The molecular weight excluding hydrogens is 404 g/mol. The second kappa shape index (κ2) is 12.6. The summed E-state index contributed by atoms with van der Waals surface area (Å²) in [5.74, 6) is 1.59. The normalized spacial score (nSPS) is 36.6. The van der Waals surface area contributed by atoms with Gasteiger partial charge in [0.2, 0.25) is 0 Å². The van der Waals surface area contributed by atoms with Gasteiger partial charge in [-0.2, -0.15) is 0 Å². The molecule has 0 spiro atoms. The molecule has 0 N–H and O–H groups in total. The zero-order valence-electron chi connectivity index (χ0n) is 20.1. The molecule has 2 aliphatic carbocycles. The van der Waals surface area contributed by atoms with Crippen molar-refractivity contribution in [3.63, 3.8) is 0 Å². The number of hydrogen-bond donors (Lipinski definition) is 0. The largest absolute Gasteiger partial charge is 0.353 e. The van der Waals surface area contributed by atoms with Crippen LogP contribution >= 0.6 is 0 Å². The molecule has 7 atom stereocenters. The number of ketones is 1. The van der Waals surface area contributed by atoms with Crippen LogP contribution in [0.4, 0.5) is 0 Å². The molecule has 2 aliphatic heterocycles. The van der Waals surface area contributed by atoms with Gasteiger partial charge in [0.25, 0.3) is 0 Å². The highest BCUT2D eigenvalue weighted by molar-refractivity contribution is 5.81. The average Bonchev–Trinajstić information content (AvgIpc) is 3.31. The van der Waals surface area contributed by atoms with Gasteiger partial charge in [-0.15, -0.1) is 0 Å². The Morgan fingerprint density at radius 2 is 1.78 bits per heavy atom. The van der Waals surface area contributed by atoms with Crippen LogP contribution in [0.25, 0.3) is 0 Å². The first kappa shape index (κ1) is 24.4. The van der Waals surface area contributed by atoms with E-state index in [4.69, 9.17) is 18.9 Å². The van der Waals surface area contributed by atoms with Crippen LogP contribution in [-0.4, -0.2) is 43.8 Å². The van der Waals surface area contributed by atoms with Crippen LogP contribution in [0.2, 0.25) is 0 Å². The van der Waals surface area contributed by atoms with Gasteiger partial charge < -0.3 is 18.9 Å². The van der Waals surface area contributed by atoms with E-state index >= 15 is 0 Å². The summed E-state index contributed by atoms with van der Waals surface area (Å²) in [6, 6.07) is 0. The number of fused-ring (bicyclic) bond motifs is 1. The Hall–Kier alpha value is -0.750. The molecule has 2 unspecified atom stereocenters. The highest BCUT2D eigenvalue weighted by atomic mass is 16.7. The lowest BCUT2D eigenvalue weighted by Gasteiger charge is -2.30. The standard InChI is InChI=1S/C27H44O5/c1-2-3-4-5-10-22(31-26-11-6-8-15-29-26)13-14-23-24-19-21(28)17-20(24)18-25(23)32-27-12-7-9-16-30-27/h13-14,20,22-27H,2-12,15-19H2,1H3/b14-13+/t20-,22-,23+,24-,25+,26?,27?/m0/s1. The van der Waals surface area contributed by atoms with E-state index in [-0.39, 0.29) is 30.7 Å². The lowest BCUT2D eigenvalue weighted by Crippen LogP contribution is -2.31. The van der Waals surface area contributed by atoms with Crippen LogP contribution in [0.5, 0.6) is 0 Å². The van der Waals surface area contributed by atoms with E-state index in [0.717, 1.165) is 58.2 Å². The summed E-state index contributed by atoms with van der Waals surface area (Å²) in [5, 5.41) is 0. The third-order valence-corrected chi connectivity index (χ3v) is 7.84. The van der Waals surface area contributed by atoms with Crippen LogP contribution in [0.3, 0.4) is 0 Å². The van der Waals surface area contributed by atoms with E-state index in [2.05, 4.69) is 19.1 Å². The summed E-state index contributed by atoms with van der Waals surface area (Å²) in [6.45, 7) is 3.86. The summed E-state index contributed by atoms with van der Waals surface area (Å²) in [6.07, 6.45) is 19.7. The molecule has 0 radical (unpaired) electrons. The van der Waals surface area contributed by atoms with Crippen LogP contribution in [0.1, 0.15) is 96.8 Å². The zero-order valence-corrected chi connectivity index (χ0v) is 20.1. The first-order chi connectivity index (χ1) is 15.7. The molecule has 2 saturated heterocycles. The second-order valence-electron chi connectivity index (χ2n) is 10.4. The van der Waals surface area contributed by atoms with Crippen LogP contribution in [0.15, 0.2) is 12.2 Å². The van der Waals surface area contributed by atoms with Gasteiger partial charge >= 0.3 is 0 Å². The first-order valence-electron chi connectivity index (χ1n) is 13.5. The van der Waals surface area contributed by atoms with Crippen molar-refractivity contribution >= 4 is 5.78 Å². The molecular formula is C27H44O5. The number of Topliss-reactive ketones (excluding diaryl/α,β-unsaturated/α-hetero) is 1. The van der Waals surface area contributed by atoms with Crippen molar-refractivity contribution in [1.82, 2.24) is 0 Å². The van der Waals surface area contributed by atoms with E-state index in [1.807, 2.05) is 0 Å². The third-order valence-electron chi connectivity index (χ3n) is 7.84. The molecule has 5 nitrogen and oxygen atoms in total. The average molecular weight is 449 g/mol. The fourth-order valence-corrected chi connectivity index (χ4v) is 6.07. The van der Waals surface area contributed by atoms with E-state index in [9.17, 15) is 4.79 Å². The topological polar surface area (TPSA) is 54.0 Å². The Labute approximate surface area is 194 Å². The van der Waals surface area contributed by atoms with Crippen molar-refractivity contribution in [2.45, 2.75) is 122 Å². The predicted molar refractivity (Wildman–Crippen MR) is 124 cm³/mol. The zero-order chi connectivity index (χ0) is 22.2. The minimum absolute atomic E-state index is 0.0726.